The topological polar surface area (TPSA) is 84.9 Å². The van der Waals surface area contributed by atoms with E-state index in [1.54, 1.807) is 12.1 Å². The maximum atomic E-state index is 12.6. The summed E-state index contributed by atoms with van der Waals surface area (Å²) in [5, 5.41) is 2.85. The smallest absolute Gasteiger partial charge is 0.241 e. The van der Waals surface area contributed by atoms with Gasteiger partial charge in [0.15, 0.2) is 0 Å². The number of carbonyl (C=O) groups excluding carboxylic acids is 1. The van der Waals surface area contributed by atoms with Gasteiger partial charge in [-0.25, -0.2) is 8.42 Å². The van der Waals surface area contributed by atoms with E-state index in [0.29, 0.717) is 18.0 Å². The van der Waals surface area contributed by atoms with Crippen LogP contribution < -0.4 is 19.1 Å². The summed E-state index contributed by atoms with van der Waals surface area (Å²) in [6.45, 7) is 5.83. The Morgan fingerprint density at radius 2 is 1.83 bits per heavy atom. The van der Waals surface area contributed by atoms with Gasteiger partial charge in [-0.3, -0.25) is 9.10 Å². The van der Waals surface area contributed by atoms with Crippen LogP contribution in [0.3, 0.4) is 0 Å². The molecule has 0 radical (unpaired) electrons. The van der Waals surface area contributed by atoms with Crippen molar-refractivity contribution in [3.05, 3.63) is 53.6 Å². The Morgan fingerprint density at radius 1 is 1.17 bits per heavy atom. The summed E-state index contributed by atoms with van der Waals surface area (Å²) >= 11 is 0. The lowest BCUT2D eigenvalue weighted by Gasteiger charge is -2.25. The Bertz CT molecular complexity index is 942. The highest BCUT2D eigenvalue weighted by atomic mass is 32.2. The third-order valence-corrected chi connectivity index (χ3v) is 5.49. The van der Waals surface area contributed by atoms with Crippen LogP contribution in [-0.4, -0.2) is 40.8 Å². The molecule has 0 bridgehead atoms. The van der Waals surface area contributed by atoms with Gasteiger partial charge < -0.3 is 14.8 Å². The lowest BCUT2D eigenvalue weighted by atomic mass is 10.1. The monoisotopic (exact) mass is 420 g/mol. The number of hydrogen-bond acceptors (Lipinski definition) is 5. The van der Waals surface area contributed by atoms with E-state index in [1.165, 1.54) is 7.11 Å². The van der Waals surface area contributed by atoms with Gasteiger partial charge in [-0.15, -0.1) is 0 Å². The molecule has 0 spiro atoms. The molecule has 0 aromatic heterocycles. The van der Waals surface area contributed by atoms with E-state index in [2.05, 4.69) is 5.32 Å². The molecule has 1 amide bonds. The molecule has 7 nitrogen and oxygen atoms in total. The average molecular weight is 421 g/mol. The third-order valence-electron chi connectivity index (χ3n) is 4.36. The lowest BCUT2D eigenvalue weighted by molar-refractivity contribution is -0.120. The minimum atomic E-state index is -3.70. The van der Waals surface area contributed by atoms with Crippen LogP contribution in [0.25, 0.3) is 0 Å². The number of hydrogen-bond donors (Lipinski definition) is 1. The van der Waals surface area contributed by atoms with E-state index < -0.39 is 15.9 Å². The first-order valence-electron chi connectivity index (χ1n) is 9.30. The number of rotatable bonds is 9. The summed E-state index contributed by atoms with van der Waals surface area (Å²) in [7, 11) is -2.24. The first-order valence-corrected chi connectivity index (χ1v) is 11.1. The molecule has 0 saturated carbocycles. The van der Waals surface area contributed by atoms with Crippen LogP contribution >= 0.6 is 0 Å². The van der Waals surface area contributed by atoms with Gasteiger partial charge in [0.05, 0.1) is 31.7 Å². The van der Waals surface area contributed by atoms with Crippen LogP contribution in [0.2, 0.25) is 0 Å². The molecule has 0 saturated heterocycles. The van der Waals surface area contributed by atoms with Crippen molar-refractivity contribution in [2.45, 2.75) is 26.8 Å². The highest BCUT2D eigenvalue weighted by Crippen LogP contribution is 2.31. The second kappa shape index (κ2) is 9.65. The van der Waals surface area contributed by atoms with E-state index in [-0.39, 0.29) is 12.6 Å². The summed E-state index contributed by atoms with van der Waals surface area (Å²) in [6, 6.07) is 12.3. The molecular weight excluding hydrogens is 392 g/mol. The van der Waals surface area contributed by atoms with Gasteiger partial charge in [-0.1, -0.05) is 18.2 Å². The van der Waals surface area contributed by atoms with Crippen LogP contribution in [0.1, 0.15) is 31.0 Å². The van der Waals surface area contributed by atoms with Crippen molar-refractivity contribution in [1.82, 2.24) is 5.32 Å². The molecule has 1 unspecified atom stereocenters. The fourth-order valence-corrected chi connectivity index (χ4v) is 3.75. The Labute approximate surface area is 172 Å². The zero-order valence-electron chi connectivity index (χ0n) is 17.4. The molecule has 1 N–H and O–H groups in total. The second-order valence-electron chi connectivity index (χ2n) is 6.74. The summed E-state index contributed by atoms with van der Waals surface area (Å²) < 4.78 is 36.5. The van der Waals surface area contributed by atoms with Gasteiger partial charge in [0, 0.05) is 0 Å². The molecule has 0 aliphatic rings. The molecule has 29 heavy (non-hydrogen) atoms. The number of amides is 1. The largest absolute Gasteiger partial charge is 0.495 e. The van der Waals surface area contributed by atoms with Crippen molar-refractivity contribution < 1.29 is 22.7 Å². The number of methoxy groups -OCH3 is 1. The maximum absolute atomic E-state index is 12.6. The highest BCUT2D eigenvalue weighted by molar-refractivity contribution is 7.92. The van der Waals surface area contributed by atoms with Crippen molar-refractivity contribution in [3.63, 3.8) is 0 Å². The average Bonchev–Trinajstić information content (AvgIpc) is 2.66. The van der Waals surface area contributed by atoms with E-state index in [9.17, 15) is 13.2 Å². The number of benzene rings is 2. The molecular formula is C21H28N2O5S. The first kappa shape index (κ1) is 22.5. The van der Waals surface area contributed by atoms with Crippen molar-refractivity contribution in [1.29, 1.82) is 0 Å². The van der Waals surface area contributed by atoms with Crippen LogP contribution in [0, 0.1) is 6.92 Å². The molecule has 2 aromatic carbocycles. The zero-order chi connectivity index (χ0) is 21.6. The molecule has 2 rings (SSSR count). The summed E-state index contributed by atoms with van der Waals surface area (Å²) in [6.07, 6.45) is 1.07. The SMILES string of the molecule is CCOc1ccc(C(C)NC(=O)CN(c2cc(C)ccc2OC)S(C)(=O)=O)cc1. The predicted octanol–water partition coefficient (Wildman–Crippen LogP) is 3.05. The van der Waals surface area contributed by atoms with Gasteiger partial charge in [0.1, 0.15) is 18.0 Å². The summed E-state index contributed by atoms with van der Waals surface area (Å²) in [5.74, 6) is 0.721. The summed E-state index contributed by atoms with van der Waals surface area (Å²) in [4.78, 5) is 12.6. The molecule has 8 heteroatoms. The first-order chi connectivity index (χ1) is 13.7. The number of anilines is 1. The van der Waals surface area contributed by atoms with Crippen LogP contribution in [0.4, 0.5) is 5.69 Å². The quantitative estimate of drug-likeness (QED) is 0.674. The number of nitrogens with zero attached hydrogens (tertiary/aromatic N) is 1. The molecule has 158 valence electrons. The van der Waals surface area contributed by atoms with Crippen LogP contribution in [0.5, 0.6) is 11.5 Å². The van der Waals surface area contributed by atoms with E-state index >= 15 is 0 Å². The number of aryl methyl sites for hydroxylation is 1. The van der Waals surface area contributed by atoms with Crippen molar-refractivity contribution >= 4 is 21.6 Å². The van der Waals surface area contributed by atoms with E-state index in [1.807, 2.05) is 51.1 Å². The molecule has 0 fully saturated rings. The Morgan fingerprint density at radius 3 is 2.38 bits per heavy atom. The van der Waals surface area contributed by atoms with E-state index in [0.717, 1.165) is 27.4 Å². The molecule has 2 aromatic rings. The number of nitrogens with one attached hydrogen (secondary N) is 1. The molecule has 1 atom stereocenters. The zero-order valence-corrected chi connectivity index (χ0v) is 18.2. The lowest BCUT2D eigenvalue weighted by Crippen LogP contribution is -2.41. The minimum Gasteiger partial charge on any atom is -0.495 e. The Balaban J connectivity index is 2.18. The number of sulfonamides is 1. The maximum Gasteiger partial charge on any atom is 0.241 e. The van der Waals surface area contributed by atoms with Crippen LogP contribution in [0.15, 0.2) is 42.5 Å². The predicted molar refractivity (Wildman–Crippen MR) is 114 cm³/mol. The van der Waals surface area contributed by atoms with Crippen molar-refractivity contribution in [2.75, 3.05) is 30.8 Å². The normalized spacial score (nSPS) is 12.2. The number of carbonyl (C=O) groups is 1. The Hall–Kier alpha value is -2.74. The van der Waals surface area contributed by atoms with Crippen LogP contribution in [-0.2, 0) is 14.8 Å². The second-order valence-corrected chi connectivity index (χ2v) is 8.64. The third kappa shape index (κ3) is 6.12. The fourth-order valence-electron chi connectivity index (χ4n) is 2.90. The van der Waals surface area contributed by atoms with Gasteiger partial charge >= 0.3 is 0 Å². The van der Waals surface area contributed by atoms with Gasteiger partial charge in [0.25, 0.3) is 0 Å². The molecule has 0 heterocycles. The fraction of sp³-hybridized carbons (Fsp3) is 0.381. The minimum absolute atomic E-state index is 0.293. The highest BCUT2D eigenvalue weighted by Gasteiger charge is 2.25. The number of ether oxygens (including phenoxy) is 2. The summed E-state index contributed by atoms with van der Waals surface area (Å²) in [5.41, 5.74) is 2.08. The molecule has 0 aliphatic carbocycles. The van der Waals surface area contributed by atoms with E-state index in [4.69, 9.17) is 9.47 Å². The van der Waals surface area contributed by atoms with Gasteiger partial charge in [-0.2, -0.15) is 0 Å². The van der Waals surface area contributed by atoms with Gasteiger partial charge in [-0.05, 0) is 56.2 Å². The van der Waals surface area contributed by atoms with Gasteiger partial charge in [0.2, 0.25) is 15.9 Å². The molecule has 0 aliphatic heterocycles. The Kier molecular flexibility index (Phi) is 7.50. The van der Waals surface area contributed by atoms with Crippen molar-refractivity contribution in [3.8, 4) is 11.5 Å². The van der Waals surface area contributed by atoms with Crippen molar-refractivity contribution in [2.24, 2.45) is 0 Å². The standard InChI is InChI=1S/C21H28N2O5S/c1-6-28-18-10-8-17(9-11-18)16(3)22-21(24)14-23(29(5,25)26)19-13-15(2)7-12-20(19)27-4/h7-13,16H,6,14H2,1-5H3,(H,22,24).